The number of hydrogen-bond donors (Lipinski definition) is 2. The average molecular weight is 558 g/mol. The van der Waals surface area contributed by atoms with Crippen LogP contribution in [0.2, 0.25) is 0 Å². The molecule has 0 radical (unpaired) electrons. The number of aliphatic hydroxyl groups excluding tert-OH is 1. The van der Waals surface area contributed by atoms with Gasteiger partial charge in [0.05, 0.1) is 11.6 Å². The summed E-state index contributed by atoms with van der Waals surface area (Å²) in [6.07, 6.45) is 6.73. The monoisotopic (exact) mass is 557 g/mol. The van der Waals surface area contributed by atoms with Crippen LogP contribution < -0.4 is 15.6 Å². The molecule has 0 unspecified atom stereocenters. The van der Waals surface area contributed by atoms with Crippen LogP contribution in [0.5, 0.6) is 5.88 Å². The van der Waals surface area contributed by atoms with Gasteiger partial charge in [0.15, 0.2) is 0 Å². The molecule has 1 saturated carbocycles. The molecule has 10 nitrogen and oxygen atoms in total. The average Bonchev–Trinajstić information content (AvgIpc) is 3.60. The van der Waals surface area contributed by atoms with E-state index in [4.69, 9.17) is 9.84 Å². The van der Waals surface area contributed by atoms with Crippen LogP contribution in [0.4, 0.5) is 5.82 Å². The first kappa shape index (κ1) is 27.4. The van der Waals surface area contributed by atoms with Crippen molar-refractivity contribution >= 4 is 16.7 Å². The van der Waals surface area contributed by atoms with E-state index in [1.807, 2.05) is 6.20 Å². The molecule has 6 rings (SSSR count). The molecule has 1 saturated heterocycles. The molecule has 0 bridgehead atoms. The number of aryl methyl sites for hydroxylation is 1. The van der Waals surface area contributed by atoms with E-state index < -0.39 is 0 Å². The van der Waals surface area contributed by atoms with Gasteiger partial charge >= 0.3 is 0 Å². The fourth-order valence-corrected chi connectivity index (χ4v) is 6.16. The highest BCUT2D eigenvalue weighted by Gasteiger charge is 2.27. The van der Waals surface area contributed by atoms with E-state index in [-0.39, 0.29) is 24.3 Å². The maximum absolute atomic E-state index is 11.7. The Bertz CT molecular complexity index is 1540. The number of pyridine rings is 1. The first-order chi connectivity index (χ1) is 20.0. The van der Waals surface area contributed by atoms with Crippen LogP contribution >= 0.6 is 0 Å². The molecule has 3 aromatic heterocycles. The Morgan fingerprint density at radius 1 is 1.05 bits per heavy atom. The van der Waals surface area contributed by atoms with E-state index in [0.717, 1.165) is 86.3 Å². The number of benzene rings is 1. The summed E-state index contributed by atoms with van der Waals surface area (Å²) in [6.45, 7) is 6.05. The second-order valence-corrected chi connectivity index (χ2v) is 11.4. The fourth-order valence-electron chi connectivity index (χ4n) is 6.16. The lowest BCUT2D eigenvalue weighted by atomic mass is 9.93. The summed E-state index contributed by atoms with van der Waals surface area (Å²) >= 11 is 0. The number of hydrogen-bond acceptors (Lipinski definition) is 8. The molecule has 0 amide bonds. The van der Waals surface area contributed by atoms with Crippen LogP contribution in [0.1, 0.15) is 50.6 Å². The van der Waals surface area contributed by atoms with Crippen molar-refractivity contribution in [2.24, 2.45) is 13.0 Å². The molecule has 216 valence electrons. The van der Waals surface area contributed by atoms with Crippen molar-refractivity contribution < 1.29 is 9.84 Å². The van der Waals surface area contributed by atoms with Crippen LogP contribution in [-0.4, -0.2) is 66.9 Å². The van der Waals surface area contributed by atoms with Gasteiger partial charge in [0, 0.05) is 68.6 Å². The maximum atomic E-state index is 11.7. The van der Waals surface area contributed by atoms with Gasteiger partial charge in [0.1, 0.15) is 17.6 Å². The van der Waals surface area contributed by atoms with Crippen molar-refractivity contribution in [3.05, 3.63) is 64.6 Å². The van der Waals surface area contributed by atoms with Crippen LogP contribution in [0.3, 0.4) is 0 Å². The fraction of sp³-hybridized carbons (Fsp3) is 0.484. The lowest BCUT2D eigenvalue weighted by Crippen LogP contribution is -2.27. The second kappa shape index (κ2) is 12.0. The van der Waals surface area contributed by atoms with Crippen molar-refractivity contribution in [3.63, 3.8) is 0 Å². The zero-order valence-corrected chi connectivity index (χ0v) is 23.9. The smallest absolute Gasteiger partial charge is 0.266 e. The number of nitrogens with zero attached hydrogens (tertiary/aromatic N) is 6. The summed E-state index contributed by atoms with van der Waals surface area (Å²) < 4.78 is 9.62. The molecule has 4 aromatic rings. The molecule has 1 aliphatic carbocycles. The van der Waals surface area contributed by atoms with E-state index in [0.29, 0.717) is 11.8 Å². The van der Waals surface area contributed by atoms with Crippen LogP contribution in [-0.2, 0) is 13.6 Å². The molecule has 0 spiro atoms. The summed E-state index contributed by atoms with van der Waals surface area (Å²) in [5.74, 6) is 1.74. The maximum Gasteiger partial charge on any atom is 0.266 e. The first-order valence-electron chi connectivity index (χ1n) is 14.8. The Balaban J connectivity index is 1.21. The van der Waals surface area contributed by atoms with E-state index in [2.05, 4.69) is 62.2 Å². The van der Waals surface area contributed by atoms with Gasteiger partial charge in [0.25, 0.3) is 5.56 Å². The molecule has 4 heterocycles. The normalized spacial score (nSPS) is 21.4. The minimum absolute atomic E-state index is 0.0624. The van der Waals surface area contributed by atoms with Gasteiger partial charge in [-0.25, -0.2) is 9.67 Å². The van der Waals surface area contributed by atoms with E-state index in [1.54, 1.807) is 13.1 Å². The van der Waals surface area contributed by atoms with Crippen molar-refractivity contribution in [1.29, 1.82) is 0 Å². The van der Waals surface area contributed by atoms with Crippen molar-refractivity contribution in [1.82, 2.24) is 29.4 Å². The molecule has 41 heavy (non-hydrogen) atoms. The first-order valence-corrected chi connectivity index (χ1v) is 14.8. The molecule has 10 heteroatoms. The molecule has 2 fully saturated rings. The standard InChI is InChI=1S/C31H39N7O3/c1-3-32-28-16-27-26(17-33-28)31(23-6-4-21(5-7-23)18-37-15-14-22(19-37)20-39)35-38(27)24-8-10-25(11-9-24)41-29-12-13-30(40)36(2)34-29/h4-7,12-13,16-17,22,24-25,39H,3,8-11,14-15,18-20H2,1-2H3,(H,32,33)/t22-,24?,25?/m1/s1. The lowest BCUT2D eigenvalue weighted by Gasteiger charge is -2.29. The highest BCUT2D eigenvalue weighted by molar-refractivity contribution is 5.94. The van der Waals surface area contributed by atoms with Crippen LogP contribution in [0.25, 0.3) is 22.2 Å². The zero-order valence-electron chi connectivity index (χ0n) is 23.9. The quantitative estimate of drug-likeness (QED) is 0.318. The van der Waals surface area contributed by atoms with Gasteiger partial charge in [0.2, 0.25) is 5.88 Å². The number of likely N-dealkylation sites (tertiary alicyclic amines) is 1. The van der Waals surface area contributed by atoms with E-state index >= 15 is 0 Å². The number of nitrogens with one attached hydrogen (secondary N) is 1. The van der Waals surface area contributed by atoms with Gasteiger partial charge < -0.3 is 15.2 Å². The number of aliphatic hydroxyl groups is 1. The number of anilines is 1. The number of ether oxygens (including phenoxy) is 1. The summed E-state index contributed by atoms with van der Waals surface area (Å²) in [5, 5.41) is 23.3. The van der Waals surface area contributed by atoms with Gasteiger partial charge in [-0.1, -0.05) is 24.3 Å². The van der Waals surface area contributed by atoms with Gasteiger partial charge in [-0.05, 0) is 57.1 Å². The molecule has 2 aliphatic rings. The van der Waals surface area contributed by atoms with Crippen LogP contribution in [0.15, 0.2) is 53.5 Å². The highest BCUT2D eigenvalue weighted by atomic mass is 16.5. The van der Waals surface area contributed by atoms with Crippen molar-refractivity contribution in [3.8, 4) is 17.1 Å². The lowest BCUT2D eigenvalue weighted by molar-refractivity contribution is 0.123. The van der Waals surface area contributed by atoms with E-state index in [1.165, 1.54) is 16.3 Å². The number of fused-ring (bicyclic) bond motifs is 1. The van der Waals surface area contributed by atoms with Crippen LogP contribution in [0, 0.1) is 5.92 Å². The number of rotatable bonds is 9. The van der Waals surface area contributed by atoms with Crippen molar-refractivity contribution in [2.45, 2.75) is 57.7 Å². The Morgan fingerprint density at radius 3 is 2.56 bits per heavy atom. The van der Waals surface area contributed by atoms with Gasteiger partial charge in [-0.3, -0.25) is 14.4 Å². The Hall–Kier alpha value is -3.76. The molecule has 1 aromatic carbocycles. The Morgan fingerprint density at radius 2 is 1.85 bits per heavy atom. The predicted octanol–water partition coefficient (Wildman–Crippen LogP) is 4.00. The van der Waals surface area contributed by atoms with Gasteiger partial charge in [-0.15, -0.1) is 5.10 Å². The number of aromatic nitrogens is 5. The topological polar surface area (TPSA) is 110 Å². The Labute approximate surface area is 240 Å². The summed E-state index contributed by atoms with van der Waals surface area (Å²) in [6, 6.07) is 14.3. The van der Waals surface area contributed by atoms with E-state index in [9.17, 15) is 9.90 Å². The zero-order chi connectivity index (χ0) is 28.3. The summed E-state index contributed by atoms with van der Waals surface area (Å²) in [5.41, 5.74) is 4.26. The third kappa shape index (κ3) is 5.99. The Kier molecular flexibility index (Phi) is 8.02. The molecular formula is C31H39N7O3. The summed E-state index contributed by atoms with van der Waals surface area (Å²) in [4.78, 5) is 18.8. The molecule has 2 N–H and O–H groups in total. The minimum Gasteiger partial charge on any atom is -0.473 e. The molecule has 1 atom stereocenters. The van der Waals surface area contributed by atoms with Crippen molar-refractivity contribution in [2.75, 3.05) is 31.6 Å². The van der Waals surface area contributed by atoms with Gasteiger partial charge in [-0.2, -0.15) is 5.10 Å². The summed E-state index contributed by atoms with van der Waals surface area (Å²) in [7, 11) is 1.64. The third-order valence-electron chi connectivity index (χ3n) is 8.42. The molecule has 1 aliphatic heterocycles. The molecular weight excluding hydrogens is 518 g/mol. The largest absolute Gasteiger partial charge is 0.473 e. The predicted molar refractivity (Wildman–Crippen MR) is 159 cm³/mol. The third-order valence-corrected chi connectivity index (χ3v) is 8.42. The second-order valence-electron chi connectivity index (χ2n) is 11.4. The SMILES string of the molecule is CCNc1cc2c(cn1)c(-c1ccc(CN3CC[C@@H](CO)C3)cc1)nn2C1CCC(Oc2ccc(=O)n(C)n2)CC1. The minimum atomic E-state index is -0.147. The highest BCUT2D eigenvalue weighted by Crippen LogP contribution is 2.36.